The van der Waals surface area contributed by atoms with Crippen molar-refractivity contribution in [2.75, 3.05) is 6.54 Å². The van der Waals surface area contributed by atoms with Gasteiger partial charge in [0.15, 0.2) is 0 Å². The quantitative estimate of drug-likeness (QED) is 0.547. The van der Waals surface area contributed by atoms with Crippen LogP contribution in [-0.4, -0.2) is 21.4 Å². The van der Waals surface area contributed by atoms with Crippen molar-refractivity contribution in [2.24, 2.45) is 0 Å². The van der Waals surface area contributed by atoms with Gasteiger partial charge in [0.1, 0.15) is 11.3 Å². The highest BCUT2D eigenvalue weighted by atomic mass is 19.1. The Morgan fingerprint density at radius 3 is 2.62 bits per heavy atom. The number of amides is 1. The Balaban J connectivity index is 1.48. The van der Waals surface area contributed by atoms with Gasteiger partial charge in [0.25, 0.3) is 5.56 Å². The second kappa shape index (κ2) is 7.91. The Labute approximate surface area is 167 Å². The van der Waals surface area contributed by atoms with E-state index in [2.05, 4.69) is 17.4 Å². The molecule has 0 saturated carbocycles. The van der Waals surface area contributed by atoms with E-state index >= 15 is 0 Å². The van der Waals surface area contributed by atoms with Crippen molar-refractivity contribution in [3.8, 4) is 0 Å². The zero-order chi connectivity index (χ0) is 20.4. The molecule has 2 aromatic carbocycles. The summed E-state index contributed by atoms with van der Waals surface area (Å²) in [6.45, 7) is 2.76. The molecule has 2 aromatic heterocycles. The lowest BCUT2D eigenvalue weighted by atomic mass is 10.1. The third kappa shape index (κ3) is 3.92. The number of rotatable bonds is 6. The number of hydrogen-bond donors (Lipinski definition) is 1. The zero-order valence-electron chi connectivity index (χ0n) is 16.2. The Hall–Kier alpha value is -3.41. The molecule has 29 heavy (non-hydrogen) atoms. The largest absolute Gasteiger partial charge is 0.356 e. The van der Waals surface area contributed by atoms with Crippen molar-refractivity contribution in [1.82, 2.24) is 14.3 Å². The van der Waals surface area contributed by atoms with Gasteiger partial charge in [0.2, 0.25) is 5.91 Å². The maximum atomic E-state index is 13.8. The predicted molar refractivity (Wildman–Crippen MR) is 112 cm³/mol. The average Bonchev–Trinajstić information content (AvgIpc) is 3.19. The van der Waals surface area contributed by atoms with Gasteiger partial charge < -0.3 is 14.3 Å². The Bertz CT molecular complexity index is 1240. The second-order valence-electron chi connectivity index (χ2n) is 7.19. The van der Waals surface area contributed by atoms with Crippen LogP contribution < -0.4 is 10.9 Å². The van der Waals surface area contributed by atoms with Gasteiger partial charge in [0.05, 0.1) is 11.0 Å². The normalized spacial score (nSPS) is 11.2. The van der Waals surface area contributed by atoms with Crippen LogP contribution in [0.15, 0.2) is 65.6 Å². The SMILES string of the molecule is Cc1ccc(CCNC(=O)CCn2c(=O)c3cccn3c3ccc(F)cc32)cc1. The maximum Gasteiger partial charge on any atom is 0.275 e. The van der Waals surface area contributed by atoms with Crippen LogP contribution in [0.2, 0.25) is 0 Å². The minimum atomic E-state index is -0.417. The molecule has 1 N–H and O–H groups in total. The fourth-order valence-electron chi connectivity index (χ4n) is 3.55. The van der Waals surface area contributed by atoms with Gasteiger partial charge in [-0.2, -0.15) is 0 Å². The van der Waals surface area contributed by atoms with Gasteiger partial charge in [-0.05, 0) is 49.2 Å². The maximum absolute atomic E-state index is 13.8. The fourth-order valence-corrected chi connectivity index (χ4v) is 3.55. The van der Waals surface area contributed by atoms with Crippen LogP contribution in [0.5, 0.6) is 0 Å². The van der Waals surface area contributed by atoms with Gasteiger partial charge >= 0.3 is 0 Å². The number of nitrogens with one attached hydrogen (secondary N) is 1. The molecule has 0 unspecified atom stereocenters. The summed E-state index contributed by atoms with van der Waals surface area (Å²) in [5.74, 6) is -0.552. The van der Waals surface area contributed by atoms with E-state index in [1.54, 1.807) is 28.8 Å². The topological polar surface area (TPSA) is 55.5 Å². The average molecular weight is 391 g/mol. The summed E-state index contributed by atoms with van der Waals surface area (Å²) in [6, 6.07) is 16.1. The molecule has 4 rings (SSSR count). The van der Waals surface area contributed by atoms with Crippen LogP contribution in [0.1, 0.15) is 17.5 Å². The highest BCUT2D eigenvalue weighted by Gasteiger charge is 2.12. The number of benzene rings is 2. The van der Waals surface area contributed by atoms with E-state index in [0.717, 1.165) is 17.5 Å². The Morgan fingerprint density at radius 1 is 1.03 bits per heavy atom. The zero-order valence-corrected chi connectivity index (χ0v) is 16.2. The van der Waals surface area contributed by atoms with Crippen molar-refractivity contribution in [3.63, 3.8) is 0 Å². The first kappa shape index (κ1) is 18.9. The molecule has 0 spiro atoms. The number of carbonyl (C=O) groups is 1. The summed E-state index contributed by atoms with van der Waals surface area (Å²) in [4.78, 5) is 25.1. The van der Waals surface area contributed by atoms with E-state index in [1.807, 2.05) is 19.1 Å². The number of hydrogen-bond acceptors (Lipinski definition) is 2. The molecule has 4 aromatic rings. The molecule has 0 aliphatic heterocycles. The lowest BCUT2D eigenvalue weighted by Gasteiger charge is -2.13. The van der Waals surface area contributed by atoms with E-state index < -0.39 is 5.82 Å². The summed E-state index contributed by atoms with van der Waals surface area (Å²) in [5.41, 5.74) is 3.83. The molecule has 2 heterocycles. The van der Waals surface area contributed by atoms with Gasteiger partial charge in [-0.25, -0.2) is 4.39 Å². The third-order valence-corrected chi connectivity index (χ3v) is 5.12. The number of aromatic nitrogens is 2. The minimum Gasteiger partial charge on any atom is -0.356 e. The van der Waals surface area contributed by atoms with E-state index in [-0.39, 0.29) is 24.4 Å². The van der Waals surface area contributed by atoms with E-state index in [4.69, 9.17) is 0 Å². The van der Waals surface area contributed by atoms with Crippen molar-refractivity contribution in [1.29, 1.82) is 0 Å². The second-order valence-corrected chi connectivity index (χ2v) is 7.19. The lowest BCUT2D eigenvalue weighted by Crippen LogP contribution is -2.29. The monoisotopic (exact) mass is 391 g/mol. The fraction of sp³-hybridized carbons (Fsp3) is 0.217. The van der Waals surface area contributed by atoms with Crippen molar-refractivity contribution >= 4 is 22.5 Å². The number of aryl methyl sites for hydroxylation is 2. The first-order valence-electron chi connectivity index (χ1n) is 9.64. The van der Waals surface area contributed by atoms with Gasteiger partial charge in [-0.1, -0.05) is 29.8 Å². The van der Waals surface area contributed by atoms with Crippen LogP contribution in [0.25, 0.3) is 16.6 Å². The van der Waals surface area contributed by atoms with Crippen molar-refractivity contribution in [2.45, 2.75) is 26.3 Å². The van der Waals surface area contributed by atoms with Gasteiger partial charge in [-0.15, -0.1) is 0 Å². The van der Waals surface area contributed by atoms with Crippen LogP contribution >= 0.6 is 0 Å². The van der Waals surface area contributed by atoms with Gasteiger partial charge in [-0.3, -0.25) is 9.59 Å². The van der Waals surface area contributed by atoms with E-state index in [1.165, 1.54) is 22.3 Å². The molecule has 0 bridgehead atoms. The number of halogens is 1. The molecular weight excluding hydrogens is 369 g/mol. The van der Waals surface area contributed by atoms with Crippen molar-refractivity contribution in [3.05, 3.63) is 88.1 Å². The Kier molecular flexibility index (Phi) is 5.16. The smallest absolute Gasteiger partial charge is 0.275 e. The van der Waals surface area contributed by atoms with E-state index in [9.17, 15) is 14.0 Å². The van der Waals surface area contributed by atoms with Crippen LogP contribution in [0.4, 0.5) is 4.39 Å². The highest BCUT2D eigenvalue weighted by Crippen LogP contribution is 2.17. The summed E-state index contributed by atoms with van der Waals surface area (Å²) >= 11 is 0. The Morgan fingerprint density at radius 2 is 1.83 bits per heavy atom. The summed E-state index contributed by atoms with van der Waals surface area (Å²) in [5, 5.41) is 2.89. The molecule has 0 fully saturated rings. The molecule has 0 saturated heterocycles. The number of carbonyl (C=O) groups excluding carboxylic acids is 1. The van der Waals surface area contributed by atoms with Crippen LogP contribution in [0, 0.1) is 12.7 Å². The van der Waals surface area contributed by atoms with E-state index in [0.29, 0.717) is 17.6 Å². The van der Waals surface area contributed by atoms with Crippen LogP contribution in [0.3, 0.4) is 0 Å². The summed E-state index contributed by atoms with van der Waals surface area (Å²) < 4.78 is 17.0. The summed E-state index contributed by atoms with van der Waals surface area (Å²) in [7, 11) is 0. The first-order valence-corrected chi connectivity index (χ1v) is 9.64. The summed E-state index contributed by atoms with van der Waals surface area (Å²) in [6.07, 6.45) is 2.67. The molecule has 0 radical (unpaired) electrons. The van der Waals surface area contributed by atoms with Crippen molar-refractivity contribution < 1.29 is 9.18 Å². The molecule has 1 amide bonds. The molecule has 148 valence electrons. The molecule has 0 aliphatic carbocycles. The standard InChI is InChI=1S/C23H22FN3O2/c1-16-4-6-17(7-5-16)10-12-25-22(28)11-14-27-21-15-18(24)8-9-19(21)26-13-2-3-20(26)23(27)29/h2-9,13,15H,10-12,14H2,1H3,(H,25,28). The molecule has 6 heteroatoms. The van der Waals surface area contributed by atoms with Gasteiger partial charge in [0, 0.05) is 25.7 Å². The first-order chi connectivity index (χ1) is 14.0. The molecule has 0 atom stereocenters. The molecule has 0 aliphatic rings. The third-order valence-electron chi connectivity index (χ3n) is 5.12. The molecular formula is C23H22FN3O2. The van der Waals surface area contributed by atoms with Crippen LogP contribution in [-0.2, 0) is 17.8 Å². The lowest BCUT2D eigenvalue weighted by molar-refractivity contribution is -0.121. The molecule has 5 nitrogen and oxygen atoms in total. The number of fused-ring (bicyclic) bond motifs is 3. The minimum absolute atomic E-state index is 0.135. The highest BCUT2D eigenvalue weighted by molar-refractivity contribution is 5.80. The number of nitrogens with zero attached hydrogens (tertiary/aromatic N) is 2. The predicted octanol–water partition coefficient (Wildman–Crippen LogP) is 3.45.